The fraction of sp³-hybridized carbons (Fsp3) is 0.278. The number of carbonyl (C=O) groups excluding carboxylic acids is 2. The molecule has 7 heteroatoms. The highest BCUT2D eigenvalue weighted by atomic mass is 127. The molecule has 1 aromatic carbocycles. The minimum atomic E-state index is -0.282. The Morgan fingerprint density at radius 3 is 2.56 bits per heavy atom. The molecule has 6 nitrogen and oxygen atoms in total. The van der Waals surface area contributed by atoms with Crippen molar-refractivity contribution < 1.29 is 9.59 Å². The number of hydrogen-bond acceptors (Lipinski definition) is 4. The zero-order valence-electron chi connectivity index (χ0n) is 13.7. The molecule has 1 aliphatic heterocycles. The quantitative estimate of drug-likeness (QED) is 0.688. The number of carbonyl (C=O) groups is 2. The van der Waals surface area contributed by atoms with Crippen molar-refractivity contribution in [1.29, 1.82) is 0 Å². The van der Waals surface area contributed by atoms with Crippen LogP contribution in [-0.4, -0.2) is 36.4 Å². The van der Waals surface area contributed by atoms with Gasteiger partial charge < -0.3 is 15.5 Å². The first kappa shape index (κ1) is 17.7. The second-order valence-electron chi connectivity index (χ2n) is 5.81. The van der Waals surface area contributed by atoms with E-state index in [4.69, 9.17) is 0 Å². The molecule has 3 rings (SSSR count). The van der Waals surface area contributed by atoms with Gasteiger partial charge in [0.2, 0.25) is 5.91 Å². The number of anilines is 2. The molecular weight excluding hydrogens is 431 g/mol. The number of rotatable bonds is 5. The van der Waals surface area contributed by atoms with Crippen molar-refractivity contribution >= 4 is 45.9 Å². The summed E-state index contributed by atoms with van der Waals surface area (Å²) in [5.41, 5.74) is 1.18. The van der Waals surface area contributed by atoms with Crippen LogP contribution in [0.15, 0.2) is 42.6 Å². The van der Waals surface area contributed by atoms with Crippen molar-refractivity contribution in [3.63, 3.8) is 0 Å². The van der Waals surface area contributed by atoms with Crippen molar-refractivity contribution in [2.24, 2.45) is 0 Å². The molecule has 1 saturated heterocycles. The largest absolute Gasteiger partial charge is 0.357 e. The smallest absolute Gasteiger partial charge is 0.252 e. The van der Waals surface area contributed by atoms with Crippen LogP contribution >= 0.6 is 22.6 Å². The Labute approximate surface area is 160 Å². The molecular formula is C18H19IN4O2. The van der Waals surface area contributed by atoms with E-state index in [-0.39, 0.29) is 18.4 Å². The number of nitrogens with one attached hydrogen (secondary N) is 2. The van der Waals surface area contributed by atoms with E-state index in [0.717, 1.165) is 22.5 Å². The lowest BCUT2D eigenvalue weighted by atomic mass is 10.2. The molecule has 0 spiro atoms. The van der Waals surface area contributed by atoms with E-state index in [9.17, 15) is 9.59 Å². The van der Waals surface area contributed by atoms with Gasteiger partial charge in [-0.2, -0.15) is 0 Å². The number of hydrogen-bond donors (Lipinski definition) is 2. The SMILES string of the molecule is O=C(CNC(=O)c1ccccc1I)Nc1ccc(N2CCCC2)nc1. The van der Waals surface area contributed by atoms with Crippen LogP contribution in [0.3, 0.4) is 0 Å². The van der Waals surface area contributed by atoms with Gasteiger partial charge in [0.15, 0.2) is 0 Å². The van der Waals surface area contributed by atoms with E-state index in [1.54, 1.807) is 18.3 Å². The number of halogens is 1. The summed E-state index contributed by atoms with van der Waals surface area (Å²) in [4.78, 5) is 30.7. The highest BCUT2D eigenvalue weighted by molar-refractivity contribution is 14.1. The molecule has 2 aromatic rings. The highest BCUT2D eigenvalue weighted by Crippen LogP contribution is 2.19. The maximum atomic E-state index is 12.1. The van der Waals surface area contributed by atoms with E-state index in [1.165, 1.54) is 12.8 Å². The van der Waals surface area contributed by atoms with Gasteiger partial charge in [0.05, 0.1) is 24.0 Å². The Morgan fingerprint density at radius 2 is 1.88 bits per heavy atom. The number of nitrogens with zero attached hydrogens (tertiary/aromatic N) is 2. The predicted octanol–water partition coefficient (Wildman–Crippen LogP) is 2.65. The zero-order valence-corrected chi connectivity index (χ0v) is 15.8. The molecule has 0 saturated carbocycles. The number of amides is 2. The number of pyridine rings is 1. The molecule has 130 valence electrons. The summed E-state index contributed by atoms with van der Waals surface area (Å²) >= 11 is 2.10. The average Bonchev–Trinajstić information content (AvgIpc) is 3.15. The second-order valence-corrected chi connectivity index (χ2v) is 6.97. The lowest BCUT2D eigenvalue weighted by molar-refractivity contribution is -0.115. The van der Waals surface area contributed by atoms with Crippen molar-refractivity contribution in [3.05, 3.63) is 51.7 Å². The topological polar surface area (TPSA) is 74.3 Å². The van der Waals surface area contributed by atoms with Crippen LogP contribution in [0.25, 0.3) is 0 Å². The Kier molecular flexibility index (Phi) is 5.85. The van der Waals surface area contributed by atoms with Crippen molar-refractivity contribution in [1.82, 2.24) is 10.3 Å². The van der Waals surface area contributed by atoms with Crippen molar-refractivity contribution in [2.75, 3.05) is 29.9 Å². The van der Waals surface area contributed by atoms with Crippen LogP contribution in [0.1, 0.15) is 23.2 Å². The Balaban J connectivity index is 1.50. The molecule has 1 aliphatic rings. The van der Waals surface area contributed by atoms with Gasteiger partial charge in [0, 0.05) is 16.7 Å². The first-order valence-corrected chi connectivity index (χ1v) is 9.25. The minimum absolute atomic E-state index is 0.0856. The van der Waals surface area contributed by atoms with E-state index < -0.39 is 0 Å². The summed E-state index contributed by atoms with van der Waals surface area (Å²) in [5, 5.41) is 5.38. The zero-order chi connectivity index (χ0) is 17.6. The molecule has 25 heavy (non-hydrogen) atoms. The summed E-state index contributed by atoms with van der Waals surface area (Å²) in [7, 11) is 0. The Bertz CT molecular complexity index is 758. The van der Waals surface area contributed by atoms with E-state index in [1.807, 2.05) is 24.3 Å². The highest BCUT2D eigenvalue weighted by Gasteiger charge is 2.14. The Hall–Kier alpha value is -2.16. The van der Waals surface area contributed by atoms with Gasteiger partial charge in [-0.25, -0.2) is 4.98 Å². The molecule has 0 atom stereocenters. The summed E-state index contributed by atoms with van der Waals surface area (Å²) in [6, 6.07) is 11.0. The lowest BCUT2D eigenvalue weighted by Crippen LogP contribution is -2.33. The van der Waals surface area contributed by atoms with Gasteiger partial charge in [-0.15, -0.1) is 0 Å². The van der Waals surface area contributed by atoms with Crippen LogP contribution in [0.2, 0.25) is 0 Å². The monoisotopic (exact) mass is 450 g/mol. The van der Waals surface area contributed by atoms with Crippen LogP contribution in [-0.2, 0) is 4.79 Å². The Morgan fingerprint density at radius 1 is 1.12 bits per heavy atom. The van der Waals surface area contributed by atoms with E-state index in [2.05, 4.69) is 43.1 Å². The molecule has 0 unspecified atom stereocenters. The van der Waals surface area contributed by atoms with Crippen LogP contribution < -0.4 is 15.5 Å². The van der Waals surface area contributed by atoms with E-state index >= 15 is 0 Å². The van der Waals surface area contributed by atoms with Gasteiger partial charge in [0.25, 0.3) is 5.91 Å². The lowest BCUT2D eigenvalue weighted by Gasteiger charge is -2.16. The number of benzene rings is 1. The van der Waals surface area contributed by atoms with Gasteiger partial charge in [0.1, 0.15) is 5.82 Å². The van der Waals surface area contributed by atoms with Crippen LogP contribution in [0.5, 0.6) is 0 Å². The standard InChI is InChI=1S/C18H19IN4O2/c19-15-6-2-1-5-14(15)18(25)21-12-17(24)22-13-7-8-16(20-11-13)23-9-3-4-10-23/h1-2,5-8,11H,3-4,9-10,12H2,(H,21,25)(H,22,24). The second kappa shape index (κ2) is 8.28. The molecule has 2 amide bonds. The summed E-state index contributed by atoms with van der Waals surface area (Å²) in [6.45, 7) is 1.98. The van der Waals surface area contributed by atoms with Gasteiger partial charge in [-0.3, -0.25) is 9.59 Å². The fourth-order valence-electron chi connectivity index (χ4n) is 2.70. The van der Waals surface area contributed by atoms with Crippen molar-refractivity contribution in [2.45, 2.75) is 12.8 Å². The van der Waals surface area contributed by atoms with Crippen molar-refractivity contribution in [3.8, 4) is 0 Å². The molecule has 2 N–H and O–H groups in total. The van der Waals surface area contributed by atoms with Gasteiger partial charge >= 0.3 is 0 Å². The third kappa shape index (κ3) is 4.68. The van der Waals surface area contributed by atoms with Gasteiger partial charge in [-0.05, 0) is 59.7 Å². The predicted molar refractivity (Wildman–Crippen MR) is 106 cm³/mol. The molecule has 0 bridgehead atoms. The first-order valence-electron chi connectivity index (χ1n) is 8.17. The maximum Gasteiger partial charge on any atom is 0.252 e. The van der Waals surface area contributed by atoms with Crippen LogP contribution in [0, 0.1) is 3.57 Å². The minimum Gasteiger partial charge on any atom is -0.357 e. The van der Waals surface area contributed by atoms with E-state index in [0.29, 0.717) is 11.3 Å². The molecule has 1 fully saturated rings. The molecule has 1 aromatic heterocycles. The summed E-state index contributed by atoms with van der Waals surface area (Å²) in [5.74, 6) is 0.389. The summed E-state index contributed by atoms with van der Waals surface area (Å²) < 4.78 is 0.847. The maximum absolute atomic E-state index is 12.1. The number of aromatic nitrogens is 1. The third-order valence-electron chi connectivity index (χ3n) is 3.99. The molecule has 0 radical (unpaired) electrons. The first-order chi connectivity index (χ1) is 12.1. The summed E-state index contributed by atoms with van der Waals surface area (Å²) in [6.07, 6.45) is 4.04. The fourth-order valence-corrected chi connectivity index (χ4v) is 3.33. The average molecular weight is 450 g/mol. The van der Waals surface area contributed by atoms with Crippen LogP contribution in [0.4, 0.5) is 11.5 Å². The molecule has 2 heterocycles. The third-order valence-corrected chi connectivity index (χ3v) is 4.93. The normalized spacial score (nSPS) is 13.6. The molecule has 0 aliphatic carbocycles. The van der Waals surface area contributed by atoms with Gasteiger partial charge in [-0.1, -0.05) is 12.1 Å².